The summed E-state index contributed by atoms with van der Waals surface area (Å²) in [6.07, 6.45) is 3.42. The standard InChI is InChI=1S/C20H34N4O2.HI/c1-21-19(22-12-14-24(2)13-7-15-25-3)23-16-20(10-11-20)17-8-5-6-9-18(17)26-4;/h5-6,8-9H,7,10-16H2,1-4H3,(H2,21,22,23);1H. The molecule has 0 saturated heterocycles. The maximum Gasteiger partial charge on any atom is 0.191 e. The van der Waals surface area contributed by atoms with E-state index in [1.165, 1.54) is 18.4 Å². The first kappa shape index (κ1) is 24.0. The molecule has 1 aliphatic carbocycles. The molecule has 1 fully saturated rings. The van der Waals surface area contributed by atoms with E-state index in [1.807, 2.05) is 19.2 Å². The van der Waals surface area contributed by atoms with E-state index in [-0.39, 0.29) is 29.4 Å². The summed E-state index contributed by atoms with van der Waals surface area (Å²) in [4.78, 5) is 6.65. The predicted molar refractivity (Wildman–Crippen MR) is 123 cm³/mol. The Balaban J connectivity index is 0.00000364. The second-order valence-corrected chi connectivity index (χ2v) is 6.98. The van der Waals surface area contributed by atoms with Crippen LogP contribution in [0.15, 0.2) is 29.3 Å². The quantitative estimate of drug-likeness (QED) is 0.216. The second kappa shape index (κ2) is 12.4. The molecule has 0 unspecified atom stereocenters. The molecule has 1 aliphatic rings. The SMILES string of the molecule is CN=C(NCCN(C)CCCOC)NCC1(c2ccccc2OC)CC1.I. The highest BCUT2D eigenvalue weighted by Gasteiger charge is 2.46. The number of nitrogens with one attached hydrogen (secondary N) is 2. The summed E-state index contributed by atoms with van der Waals surface area (Å²) in [6.45, 7) is 4.56. The van der Waals surface area contributed by atoms with E-state index in [1.54, 1.807) is 14.2 Å². The molecular formula is C20H35IN4O2. The molecule has 154 valence electrons. The fourth-order valence-electron chi connectivity index (χ4n) is 3.20. The van der Waals surface area contributed by atoms with E-state index in [2.05, 4.69) is 39.7 Å². The van der Waals surface area contributed by atoms with Crippen LogP contribution in [-0.2, 0) is 10.2 Å². The first-order chi connectivity index (χ1) is 12.6. The Morgan fingerprint density at radius 2 is 1.93 bits per heavy atom. The minimum Gasteiger partial charge on any atom is -0.496 e. The van der Waals surface area contributed by atoms with Crippen LogP contribution < -0.4 is 15.4 Å². The third-order valence-electron chi connectivity index (χ3n) is 5.02. The average molecular weight is 490 g/mol. The average Bonchev–Trinajstić information content (AvgIpc) is 3.45. The number of likely N-dealkylation sites (N-methyl/N-ethyl adjacent to an activating group) is 1. The Morgan fingerprint density at radius 3 is 2.56 bits per heavy atom. The van der Waals surface area contributed by atoms with E-state index in [0.717, 1.165) is 50.9 Å². The van der Waals surface area contributed by atoms with Gasteiger partial charge in [0, 0.05) is 57.9 Å². The number of methoxy groups -OCH3 is 2. The van der Waals surface area contributed by atoms with Crippen LogP contribution in [0.4, 0.5) is 0 Å². The van der Waals surface area contributed by atoms with E-state index in [4.69, 9.17) is 9.47 Å². The van der Waals surface area contributed by atoms with Crippen LogP contribution in [0.25, 0.3) is 0 Å². The molecule has 1 saturated carbocycles. The van der Waals surface area contributed by atoms with Crippen molar-refractivity contribution in [2.75, 3.05) is 61.1 Å². The van der Waals surface area contributed by atoms with Crippen LogP contribution in [0.5, 0.6) is 5.75 Å². The van der Waals surface area contributed by atoms with Gasteiger partial charge >= 0.3 is 0 Å². The lowest BCUT2D eigenvalue weighted by atomic mass is 9.95. The molecule has 2 rings (SSSR count). The van der Waals surface area contributed by atoms with E-state index in [9.17, 15) is 0 Å². The summed E-state index contributed by atoms with van der Waals surface area (Å²) >= 11 is 0. The Hall–Kier alpha value is -1.06. The lowest BCUT2D eigenvalue weighted by Gasteiger charge is -2.22. The van der Waals surface area contributed by atoms with Crippen molar-refractivity contribution in [2.24, 2.45) is 4.99 Å². The summed E-state index contributed by atoms with van der Waals surface area (Å²) < 4.78 is 10.6. The molecule has 0 atom stereocenters. The summed E-state index contributed by atoms with van der Waals surface area (Å²) in [7, 11) is 7.44. The molecule has 27 heavy (non-hydrogen) atoms. The van der Waals surface area contributed by atoms with Crippen LogP contribution in [0.1, 0.15) is 24.8 Å². The van der Waals surface area contributed by atoms with Gasteiger partial charge in [0.15, 0.2) is 5.96 Å². The molecule has 0 heterocycles. The number of para-hydroxylation sites is 1. The fraction of sp³-hybridized carbons (Fsp3) is 0.650. The number of ether oxygens (including phenoxy) is 2. The van der Waals surface area contributed by atoms with Crippen molar-refractivity contribution in [3.8, 4) is 5.75 Å². The number of hydrogen-bond acceptors (Lipinski definition) is 4. The summed E-state index contributed by atoms with van der Waals surface area (Å²) in [5.41, 5.74) is 1.46. The minimum absolute atomic E-state index is 0. The van der Waals surface area contributed by atoms with Crippen LogP contribution in [0.2, 0.25) is 0 Å². The molecule has 0 aliphatic heterocycles. The van der Waals surface area contributed by atoms with Gasteiger partial charge in [-0.3, -0.25) is 4.99 Å². The molecule has 0 bridgehead atoms. The minimum atomic E-state index is 0. The summed E-state index contributed by atoms with van der Waals surface area (Å²) in [5.74, 6) is 1.84. The summed E-state index contributed by atoms with van der Waals surface area (Å²) in [6, 6.07) is 8.33. The van der Waals surface area contributed by atoms with Gasteiger partial charge in [-0.15, -0.1) is 24.0 Å². The highest BCUT2D eigenvalue weighted by molar-refractivity contribution is 14.0. The number of hydrogen-bond donors (Lipinski definition) is 2. The third kappa shape index (κ3) is 7.46. The molecule has 1 aromatic carbocycles. The van der Waals surface area contributed by atoms with Gasteiger partial charge in [-0.25, -0.2) is 0 Å². The normalized spacial score (nSPS) is 15.2. The Morgan fingerprint density at radius 1 is 1.19 bits per heavy atom. The zero-order valence-corrected chi connectivity index (χ0v) is 19.4. The molecule has 0 aromatic heterocycles. The maximum atomic E-state index is 5.55. The fourth-order valence-corrected chi connectivity index (χ4v) is 3.20. The Labute approximate surface area is 181 Å². The van der Waals surface area contributed by atoms with Gasteiger partial charge in [-0.2, -0.15) is 0 Å². The Kier molecular flexibility index (Phi) is 11.0. The van der Waals surface area contributed by atoms with Crippen LogP contribution in [-0.4, -0.2) is 72.0 Å². The monoisotopic (exact) mass is 490 g/mol. The zero-order chi connectivity index (χ0) is 18.8. The predicted octanol–water partition coefficient (Wildman–Crippen LogP) is 2.48. The van der Waals surface area contributed by atoms with Crippen molar-refractivity contribution in [3.05, 3.63) is 29.8 Å². The van der Waals surface area contributed by atoms with Gasteiger partial charge < -0.3 is 25.0 Å². The molecule has 1 aromatic rings. The first-order valence-electron chi connectivity index (χ1n) is 9.40. The van der Waals surface area contributed by atoms with Gasteiger partial charge in [0.05, 0.1) is 7.11 Å². The smallest absolute Gasteiger partial charge is 0.191 e. The number of guanidine groups is 1. The third-order valence-corrected chi connectivity index (χ3v) is 5.02. The second-order valence-electron chi connectivity index (χ2n) is 6.98. The van der Waals surface area contributed by atoms with Gasteiger partial charge in [0.2, 0.25) is 0 Å². The van der Waals surface area contributed by atoms with Crippen molar-refractivity contribution < 1.29 is 9.47 Å². The Bertz CT molecular complexity index is 579. The van der Waals surface area contributed by atoms with E-state index in [0.29, 0.717) is 0 Å². The molecule has 0 radical (unpaired) electrons. The molecule has 7 heteroatoms. The number of halogens is 1. The molecular weight excluding hydrogens is 455 g/mol. The highest BCUT2D eigenvalue weighted by atomic mass is 127. The van der Waals surface area contributed by atoms with Crippen molar-refractivity contribution in [1.29, 1.82) is 0 Å². The van der Waals surface area contributed by atoms with Crippen molar-refractivity contribution in [1.82, 2.24) is 15.5 Å². The van der Waals surface area contributed by atoms with Crippen molar-refractivity contribution in [2.45, 2.75) is 24.7 Å². The molecule has 2 N–H and O–H groups in total. The van der Waals surface area contributed by atoms with Gasteiger partial charge in [0.1, 0.15) is 5.75 Å². The van der Waals surface area contributed by atoms with Gasteiger partial charge in [0.25, 0.3) is 0 Å². The largest absolute Gasteiger partial charge is 0.496 e. The number of nitrogens with zero attached hydrogens (tertiary/aromatic N) is 2. The molecule has 0 spiro atoms. The van der Waals surface area contributed by atoms with Gasteiger partial charge in [-0.05, 0) is 32.4 Å². The lowest BCUT2D eigenvalue weighted by molar-refractivity contribution is 0.180. The number of aliphatic imine (C=N–C) groups is 1. The lowest BCUT2D eigenvalue weighted by Crippen LogP contribution is -2.43. The van der Waals surface area contributed by atoms with Gasteiger partial charge in [-0.1, -0.05) is 18.2 Å². The van der Waals surface area contributed by atoms with Crippen LogP contribution >= 0.6 is 24.0 Å². The first-order valence-corrected chi connectivity index (χ1v) is 9.40. The summed E-state index contributed by atoms with van der Waals surface area (Å²) in [5, 5.41) is 6.90. The number of rotatable bonds is 11. The number of benzene rings is 1. The maximum absolute atomic E-state index is 5.55. The molecule has 6 nitrogen and oxygen atoms in total. The zero-order valence-electron chi connectivity index (χ0n) is 17.1. The van der Waals surface area contributed by atoms with Crippen molar-refractivity contribution in [3.63, 3.8) is 0 Å². The topological polar surface area (TPSA) is 58.1 Å². The van der Waals surface area contributed by atoms with Crippen molar-refractivity contribution >= 4 is 29.9 Å². The van der Waals surface area contributed by atoms with Crippen LogP contribution in [0.3, 0.4) is 0 Å². The van der Waals surface area contributed by atoms with E-state index >= 15 is 0 Å². The molecule has 0 amide bonds. The highest BCUT2D eigenvalue weighted by Crippen LogP contribution is 2.50. The van der Waals surface area contributed by atoms with E-state index < -0.39 is 0 Å². The van der Waals surface area contributed by atoms with Crippen LogP contribution in [0, 0.1) is 0 Å².